The fraction of sp³-hybridized carbons (Fsp3) is 0.786. The fourth-order valence-corrected chi connectivity index (χ4v) is 3.35. The molecule has 0 aliphatic heterocycles. The van der Waals surface area contributed by atoms with Gasteiger partial charge in [-0.3, -0.25) is 0 Å². The molecule has 1 aliphatic rings. The lowest BCUT2D eigenvalue weighted by molar-refractivity contribution is 0.0802. The summed E-state index contributed by atoms with van der Waals surface area (Å²) < 4.78 is 5.81. The van der Waals surface area contributed by atoms with E-state index in [0.29, 0.717) is 6.61 Å². The van der Waals surface area contributed by atoms with Crippen molar-refractivity contribution in [2.75, 3.05) is 13.2 Å². The summed E-state index contributed by atoms with van der Waals surface area (Å²) in [5.41, 5.74) is 9.39. The summed E-state index contributed by atoms with van der Waals surface area (Å²) in [5.74, 6) is 0. The largest absolute Gasteiger partial charge is 0.379 e. The monoisotopic (exact) mass is 268 g/mol. The van der Waals surface area contributed by atoms with Crippen LogP contribution >= 0.6 is 11.3 Å². The first-order chi connectivity index (χ1) is 8.70. The maximum Gasteiger partial charge on any atom is 0.0797 e. The first-order valence-electron chi connectivity index (χ1n) is 6.95. The average molecular weight is 268 g/mol. The standard InChI is InChI=1S/C14H24N2OS/c1-12-13(18-11-16-12)6-9-17-10-14(15)7-4-2-3-5-8-14/h11H,2-10,15H2,1H3. The van der Waals surface area contributed by atoms with Crippen LogP contribution in [0.5, 0.6) is 0 Å². The van der Waals surface area contributed by atoms with E-state index in [1.165, 1.54) is 30.6 Å². The molecule has 1 heterocycles. The molecule has 102 valence electrons. The highest BCUT2D eigenvalue weighted by Gasteiger charge is 2.26. The zero-order valence-corrected chi connectivity index (χ0v) is 12.1. The minimum absolute atomic E-state index is 0.0702. The Hall–Kier alpha value is -0.450. The van der Waals surface area contributed by atoms with Crippen LogP contribution in [0, 0.1) is 6.92 Å². The van der Waals surface area contributed by atoms with Crippen LogP contribution in [0.2, 0.25) is 0 Å². The molecule has 0 amide bonds. The van der Waals surface area contributed by atoms with Crippen LogP contribution in [0.4, 0.5) is 0 Å². The summed E-state index contributed by atoms with van der Waals surface area (Å²) in [4.78, 5) is 5.58. The van der Waals surface area contributed by atoms with E-state index in [9.17, 15) is 0 Å². The van der Waals surface area contributed by atoms with Gasteiger partial charge < -0.3 is 10.5 Å². The summed E-state index contributed by atoms with van der Waals surface area (Å²) >= 11 is 1.72. The zero-order valence-electron chi connectivity index (χ0n) is 11.3. The topological polar surface area (TPSA) is 48.1 Å². The Labute approximate surface area is 114 Å². The fourth-order valence-electron chi connectivity index (χ4n) is 2.58. The lowest BCUT2D eigenvalue weighted by Gasteiger charge is -2.27. The van der Waals surface area contributed by atoms with Gasteiger partial charge in [0, 0.05) is 16.8 Å². The number of aryl methyl sites for hydroxylation is 1. The van der Waals surface area contributed by atoms with Gasteiger partial charge in [-0.25, -0.2) is 4.98 Å². The molecule has 1 aromatic heterocycles. The maximum absolute atomic E-state index is 6.41. The molecule has 0 aromatic carbocycles. The summed E-state index contributed by atoms with van der Waals surface area (Å²) in [5, 5.41) is 0. The van der Waals surface area contributed by atoms with Crippen LogP contribution in [-0.2, 0) is 11.2 Å². The van der Waals surface area contributed by atoms with E-state index in [0.717, 1.165) is 31.6 Å². The molecule has 0 unspecified atom stereocenters. The summed E-state index contributed by atoms with van der Waals surface area (Å²) in [6, 6.07) is 0. The van der Waals surface area contributed by atoms with Gasteiger partial charge in [-0.2, -0.15) is 0 Å². The van der Waals surface area contributed by atoms with Crippen LogP contribution in [0.3, 0.4) is 0 Å². The second kappa shape index (κ2) is 6.64. The molecule has 2 N–H and O–H groups in total. The van der Waals surface area contributed by atoms with Crippen molar-refractivity contribution < 1.29 is 4.74 Å². The Kier molecular flexibility index (Phi) is 5.15. The van der Waals surface area contributed by atoms with Gasteiger partial charge in [0.05, 0.1) is 24.4 Å². The Balaban J connectivity index is 1.69. The Bertz CT molecular complexity index is 356. The van der Waals surface area contributed by atoms with Crippen LogP contribution < -0.4 is 5.73 Å². The van der Waals surface area contributed by atoms with E-state index in [4.69, 9.17) is 10.5 Å². The van der Waals surface area contributed by atoms with Crippen LogP contribution in [-0.4, -0.2) is 23.7 Å². The number of hydrogen-bond donors (Lipinski definition) is 1. The normalized spacial score (nSPS) is 19.7. The van der Waals surface area contributed by atoms with Gasteiger partial charge in [-0.05, 0) is 19.8 Å². The van der Waals surface area contributed by atoms with E-state index < -0.39 is 0 Å². The van der Waals surface area contributed by atoms with Gasteiger partial charge in [0.15, 0.2) is 0 Å². The Morgan fingerprint density at radius 3 is 2.67 bits per heavy atom. The second-order valence-electron chi connectivity index (χ2n) is 5.44. The van der Waals surface area contributed by atoms with Gasteiger partial charge in [0.25, 0.3) is 0 Å². The lowest BCUT2D eigenvalue weighted by Crippen LogP contribution is -2.44. The van der Waals surface area contributed by atoms with Crippen molar-refractivity contribution in [2.24, 2.45) is 5.73 Å². The third-order valence-corrected chi connectivity index (χ3v) is 4.80. The van der Waals surface area contributed by atoms with Crippen molar-refractivity contribution >= 4 is 11.3 Å². The van der Waals surface area contributed by atoms with Crippen molar-refractivity contribution in [2.45, 2.75) is 57.4 Å². The highest BCUT2D eigenvalue weighted by Crippen LogP contribution is 2.25. The van der Waals surface area contributed by atoms with Gasteiger partial charge in [0.1, 0.15) is 0 Å². The minimum Gasteiger partial charge on any atom is -0.379 e. The molecular weight excluding hydrogens is 244 g/mol. The number of hydrogen-bond acceptors (Lipinski definition) is 4. The van der Waals surface area contributed by atoms with E-state index in [1.54, 1.807) is 11.3 Å². The highest BCUT2D eigenvalue weighted by molar-refractivity contribution is 7.09. The third kappa shape index (κ3) is 4.04. The van der Waals surface area contributed by atoms with Crippen molar-refractivity contribution in [3.05, 3.63) is 16.1 Å². The molecule has 1 fully saturated rings. The van der Waals surface area contributed by atoms with Crippen molar-refractivity contribution in [1.82, 2.24) is 4.98 Å². The van der Waals surface area contributed by atoms with Gasteiger partial charge >= 0.3 is 0 Å². The SMILES string of the molecule is Cc1ncsc1CCOCC1(N)CCCCCC1. The molecule has 2 rings (SSSR count). The predicted molar refractivity (Wildman–Crippen MR) is 76.0 cm³/mol. The van der Waals surface area contributed by atoms with E-state index in [2.05, 4.69) is 11.9 Å². The molecule has 0 spiro atoms. The quantitative estimate of drug-likeness (QED) is 0.659. The number of rotatable bonds is 5. The second-order valence-corrected chi connectivity index (χ2v) is 6.38. The average Bonchev–Trinajstić information content (AvgIpc) is 2.62. The first kappa shape index (κ1) is 14.0. The molecular formula is C14H24N2OS. The number of thiazole rings is 1. The number of nitrogens with two attached hydrogens (primary N) is 1. The van der Waals surface area contributed by atoms with Gasteiger partial charge in [0.2, 0.25) is 0 Å². The van der Waals surface area contributed by atoms with Crippen LogP contribution in [0.25, 0.3) is 0 Å². The van der Waals surface area contributed by atoms with Crippen LogP contribution in [0.1, 0.15) is 49.1 Å². The molecule has 0 atom stereocenters. The number of nitrogens with zero attached hydrogens (tertiary/aromatic N) is 1. The van der Waals surface area contributed by atoms with Crippen LogP contribution in [0.15, 0.2) is 5.51 Å². The smallest absolute Gasteiger partial charge is 0.0797 e. The van der Waals surface area contributed by atoms with Crippen molar-refractivity contribution in [3.8, 4) is 0 Å². The number of aromatic nitrogens is 1. The predicted octanol–water partition coefficient (Wildman–Crippen LogP) is 3.06. The summed E-state index contributed by atoms with van der Waals surface area (Å²) in [7, 11) is 0. The zero-order chi connectivity index (χ0) is 12.8. The van der Waals surface area contributed by atoms with Gasteiger partial charge in [-0.15, -0.1) is 11.3 Å². The molecule has 1 saturated carbocycles. The summed E-state index contributed by atoms with van der Waals surface area (Å²) in [6.07, 6.45) is 8.38. The molecule has 18 heavy (non-hydrogen) atoms. The van der Waals surface area contributed by atoms with E-state index in [-0.39, 0.29) is 5.54 Å². The Morgan fingerprint density at radius 2 is 2.06 bits per heavy atom. The molecule has 3 nitrogen and oxygen atoms in total. The Morgan fingerprint density at radius 1 is 1.33 bits per heavy atom. The molecule has 0 bridgehead atoms. The summed E-state index contributed by atoms with van der Waals surface area (Å²) in [6.45, 7) is 3.54. The lowest BCUT2D eigenvalue weighted by atomic mass is 9.93. The van der Waals surface area contributed by atoms with E-state index >= 15 is 0 Å². The molecule has 0 radical (unpaired) electrons. The molecule has 1 aliphatic carbocycles. The maximum atomic E-state index is 6.41. The third-order valence-electron chi connectivity index (χ3n) is 3.81. The minimum atomic E-state index is -0.0702. The first-order valence-corrected chi connectivity index (χ1v) is 7.83. The van der Waals surface area contributed by atoms with E-state index in [1.807, 2.05) is 5.51 Å². The van der Waals surface area contributed by atoms with Crippen molar-refractivity contribution in [1.29, 1.82) is 0 Å². The number of ether oxygens (including phenoxy) is 1. The molecule has 1 aromatic rings. The van der Waals surface area contributed by atoms with Crippen molar-refractivity contribution in [3.63, 3.8) is 0 Å². The molecule has 0 saturated heterocycles. The molecule has 4 heteroatoms. The van der Waals surface area contributed by atoms with Gasteiger partial charge in [-0.1, -0.05) is 25.7 Å². The highest BCUT2D eigenvalue weighted by atomic mass is 32.1.